The van der Waals surface area contributed by atoms with Crippen molar-refractivity contribution in [3.05, 3.63) is 34.4 Å². The summed E-state index contributed by atoms with van der Waals surface area (Å²) in [6.45, 7) is 9.92. The third-order valence-corrected chi connectivity index (χ3v) is 4.69. The quantitative estimate of drug-likeness (QED) is 0.868. The van der Waals surface area contributed by atoms with Gasteiger partial charge in [0.2, 0.25) is 0 Å². The number of rotatable bonds is 3. The molecule has 0 amide bonds. The number of likely N-dealkylation sites (N-methyl/N-ethyl adjacent to an activating group) is 2. The predicted molar refractivity (Wildman–Crippen MR) is 81.7 cm³/mol. The molecule has 106 valence electrons. The minimum atomic E-state index is 0.386. The molecule has 2 unspecified atom stereocenters. The third kappa shape index (κ3) is 2.83. The Hall–Kier alpha value is -0.900. The average molecular weight is 261 g/mol. The van der Waals surface area contributed by atoms with E-state index in [1.54, 1.807) is 0 Å². The van der Waals surface area contributed by atoms with Crippen LogP contribution in [0, 0.1) is 20.8 Å². The van der Waals surface area contributed by atoms with Crippen LogP contribution in [0.25, 0.3) is 0 Å². The Kier molecular flexibility index (Phi) is 4.61. The Bertz CT molecular complexity index is 442. The lowest BCUT2D eigenvalue weighted by atomic mass is 9.89. The molecule has 0 aliphatic carbocycles. The zero-order chi connectivity index (χ0) is 14.0. The molecule has 1 aromatic rings. The van der Waals surface area contributed by atoms with E-state index >= 15 is 0 Å². The van der Waals surface area contributed by atoms with Crippen LogP contribution in [0.5, 0.6) is 0 Å². The molecule has 19 heavy (non-hydrogen) atoms. The van der Waals surface area contributed by atoms with E-state index in [9.17, 15) is 0 Å². The van der Waals surface area contributed by atoms with Crippen LogP contribution in [0.2, 0.25) is 0 Å². The molecule has 1 fully saturated rings. The van der Waals surface area contributed by atoms with Crippen molar-refractivity contribution >= 4 is 0 Å². The molecule has 0 spiro atoms. The molecule has 0 radical (unpaired) electrons. The van der Waals surface area contributed by atoms with E-state index in [0.717, 1.165) is 19.6 Å². The van der Waals surface area contributed by atoms with Gasteiger partial charge in [0.15, 0.2) is 0 Å². The van der Waals surface area contributed by atoms with Crippen molar-refractivity contribution in [2.24, 2.45) is 0 Å². The molecule has 2 atom stereocenters. The lowest BCUT2D eigenvalue weighted by molar-refractivity contribution is 0.161. The zero-order valence-corrected chi connectivity index (χ0v) is 12.9. The second-order valence-corrected chi connectivity index (χ2v) is 5.74. The molecule has 1 aliphatic rings. The number of hydrogen-bond acceptors (Lipinski definition) is 3. The van der Waals surface area contributed by atoms with Crippen molar-refractivity contribution in [3.63, 3.8) is 0 Å². The van der Waals surface area contributed by atoms with Gasteiger partial charge >= 0.3 is 0 Å². The summed E-state index contributed by atoms with van der Waals surface area (Å²) in [4.78, 5) is 2.46. The molecule has 0 saturated carbocycles. The minimum absolute atomic E-state index is 0.386. The minimum Gasteiger partial charge on any atom is -0.314 e. The first kappa shape index (κ1) is 14.5. The first-order valence-electron chi connectivity index (χ1n) is 7.21. The highest BCUT2D eigenvalue weighted by atomic mass is 15.2. The van der Waals surface area contributed by atoms with Gasteiger partial charge in [0, 0.05) is 31.7 Å². The van der Waals surface area contributed by atoms with E-state index in [1.807, 2.05) is 0 Å². The highest BCUT2D eigenvalue weighted by molar-refractivity contribution is 5.41. The van der Waals surface area contributed by atoms with Gasteiger partial charge in [0.1, 0.15) is 0 Å². The Morgan fingerprint density at radius 3 is 2.63 bits per heavy atom. The van der Waals surface area contributed by atoms with Crippen LogP contribution in [0.4, 0.5) is 0 Å². The Balaban J connectivity index is 2.34. The van der Waals surface area contributed by atoms with Gasteiger partial charge < -0.3 is 10.6 Å². The maximum Gasteiger partial charge on any atom is 0.0490 e. The summed E-state index contributed by atoms with van der Waals surface area (Å²) >= 11 is 0. The van der Waals surface area contributed by atoms with E-state index in [2.05, 4.69) is 62.5 Å². The van der Waals surface area contributed by atoms with Crippen LogP contribution < -0.4 is 10.6 Å². The second kappa shape index (κ2) is 6.04. The molecule has 1 aromatic carbocycles. The fourth-order valence-corrected chi connectivity index (χ4v) is 3.07. The van der Waals surface area contributed by atoms with Gasteiger partial charge in [0.05, 0.1) is 0 Å². The molecule has 2 N–H and O–H groups in total. The highest BCUT2D eigenvalue weighted by Gasteiger charge is 2.28. The number of benzene rings is 1. The molecule has 1 aliphatic heterocycles. The standard InChI is InChI=1S/C16H27N3/c1-11-6-7-14(13(3)12(11)2)16(17-4)15-10-18-8-9-19(15)5/h6-7,15-18H,8-10H2,1-5H3. The van der Waals surface area contributed by atoms with Crippen molar-refractivity contribution in [1.82, 2.24) is 15.5 Å². The molecular formula is C16H27N3. The summed E-state index contributed by atoms with van der Waals surface area (Å²) in [5.74, 6) is 0. The molecule has 3 nitrogen and oxygen atoms in total. The molecule has 0 aromatic heterocycles. The molecule has 1 heterocycles. The first-order valence-corrected chi connectivity index (χ1v) is 7.21. The monoisotopic (exact) mass is 261 g/mol. The summed E-state index contributed by atoms with van der Waals surface area (Å²) < 4.78 is 0. The number of nitrogens with zero attached hydrogens (tertiary/aromatic N) is 1. The number of piperazine rings is 1. The van der Waals surface area contributed by atoms with Gasteiger partial charge in [0.25, 0.3) is 0 Å². The average Bonchev–Trinajstić information content (AvgIpc) is 2.41. The Labute approximate surface area is 117 Å². The topological polar surface area (TPSA) is 27.3 Å². The van der Waals surface area contributed by atoms with E-state index in [1.165, 1.54) is 22.3 Å². The largest absolute Gasteiger partial charge is 0.314 e. The van der Waals surface area contributed by atoms with Gasteiger partial charge in [-0.05, 0) is 57.1 Å². The Morgan fingerprint density at radius 1 is 1.26 bits per heavy atom. The van der Waals surface area contributed by atoms with Crippen molar-refractivity contribution in [2.75, 3.05) is 33.7 Å². The van der Waals surface area contributed by atoms with Crippen molar-refractivity contribution < 1.29 is 0 Å². The van der Waals surface area contributed by atoms with E-state index in [4.69, 9.17) is 0 Å². The molecular weight excluding hydrogens is 234 g/mol. The van der Waals surface area contributed by atoms with Gasteiger partial charge in [-0.3, -0.25) is 4.90 Å². The maximum atomic E-state index is 3.52. The third-order valence-electron chi connectivity index (χ3n) is 4.69. The number of nitrogens with one attached hydrogen (secondary N) is 2. The molecule has 0 bridgehead atoms. The summed E-state index contributed by atoms with van der Waals surface area (Å²) in [6.07, 6.45) is 0. The summed E-state index contributed by atoms with van der Waals surface area (Å²) in [5.41, 5.74) is 5.67. The van der Waals surface area contributed by atoms with E-state index in [-0.39, 0.29) is 0 Å². The predicted octanol–water partition coefficient (Wildman–Crippen LogP) is 1.78. The van der Waals surface area contributed by atoms with Gasteiger partial charge in [-0.2, -0.15) is 0 Å². The van der Waals surface area contributed by atoms with Crippen molar-refractivity contribution in [3.8, 4) is 0 Å². The summed E-state index contributed by atoms with van der Waals surface area (Å²) in [6, 6.07) is 5.44. The normalized spacial score (nSPS) is 22.5. The fourth-order valence-electron chi connectivity index (χ4n) is 3.07. The van der Waals surface area contributed by atoms with Crippen LogP contribution in [-0.2, 0) is 0 Å². The van der Waals surface area contributed by atoms with E-state index in [0.29, 0.717) is 12.1 Å². The molecule has 1 saturated heterocycles. The fraction of sp³-hybridized carbons (Fsp3) is 0.625. The zero-order valence-electron chi connectivity index (χ0n) is 12.9. The summed E-state index contributed by atoms with van der Waals surface area (Å²) in [7, 11) is 4.30. The van der Waals surface area contributed by atoms with Crippen LogP contribution in [0.1, 0.15) is 28.3 Å². The molecule has 2 rings (SSSR count). The van der Waals surface area contributed by atoms with Gasteiger partial charge in [-0.15, -0.1) is 0 Å². The van der Waals surface area contributed by atoms with Gasteiger partial charge in [-0.1, -0.05) is 12.1 Å². The van der Waals surface area contributed by atoms with Crippen LogP contribution in [0.15, 0.2) is 12.1 Å². The lowest BCUT2D eigenvalue weighted by Crippen LogP contribution is -2.54. The highest BCUT2D eigenvalue weighted by Crippen LogP contribution is 2.27. The lowest BCUT2D eigenvalue weighted by Gasteiger charge is -2.39. The Morgan fingerprint density at radius 2 is 2.00 bits per heavy atom. The van der Waals surface area contributed by atoms with E-state index < -0.39 is 0 Å². The number of hydrogen-bond donors (Lipinski definition) is 2. The smallest absolute Gasteiger partial charge is 0.0490 e. The van der Waals surface area contributed by atoms with Crippen LogP contribution in [-0.4, -0.2) is 44.7 Å². The summed E-state index contributed by atoms with van der Waals surface area (Å²) in [5, 5.41) is 7.04. The maximum absolute atomic E-state index is 3.52. The number of aryl methyl sites for hydroxylation is 1. The van der Waals surface area contributed by atoms with Gasteiger partial charge in [-0.25, -0.2) is 0 Å². The van der Waals surface area contributed by atoms with Crippen LogP contribution in [0.3, 0.4) is 0 Å². The SMILES string of the molecule is CNC(c1ccc(C)c(C)c1C)C1CNCCN1C. The second-order valence-electron chi connectivity index (χ2n) is 5.74. The molecule has 3 heteroatoms. The van der Waals surface area contributed by atoms with Crippen LogP contribution >= 0.6 is 0 Å². The van der Waals surface area contributed by atoms with Crippen molar-refractivity contribution in [2.45, 2.75) is 32.9 Å². The van der Waals surface area contributed by atoms with Crippen molar-refractivity contribution in [1.29, 1.82) is 0 Å². The first-order chi connectivity index (χ1) is 9.06.